The largest absolute Gasteiger partial charge is 0.340 e. The van der Waals surface area contributed by atoms with E-state index in [-0.39, 0.29) is 5.91 Å². The van der Waals surface area contributed by atoms with Crippen LogP contribution in [0.4, 0.5) is 0 Å². The number of hydrogen-bond acceptors (Lipinski definition) is 3. The maximum atomic E-state index is 11.7. The van der Waals surface area contributed by atoms with E-state index in [0.717, 1.165) is 32.7 Å². The number of piperazine rings is 1. The molecule has 0 aliphatic carbocycles. The Kier molecular flexibility index (Phi) is 4.73. The van der Waals surface area contributed by atoms with Gasteiger partial charge in [0.1, 0.15) is 0 Å². The van der Waals surface area contributed by atoms with Crippen molar-refractivity contribution in [3.05, 3.63) is 35.9 Å². The van der Waals surface area contributed by atoms with E-state index in [1.807, 2.05) is 11.0 Å². The Morgan fingerprint density at radius 1 is 1.11 bits per heavy atom. The number of rotatable bonds is 4. The summed E-state index contributed by atoms with van der Waals surface area (Å²) in [6.07, 6.45) is 0.471. The molecule has 0 atom stereocenters. The minimum absolute atomic E-state index is 0.192. The molecule has 0 spiro atoms. The van der Waals surface area contributed by atoms with Gasteiger partial charge in [0.15, 0.2) is 0 Å². The fourth-order valence-electron chi connectivity index (χ4n) is 2.28. The van der Waals surface area contributed by atoms with Crippen LogP contribution in [0.2, 0.25) is 0 Å². The summed E-state index contributed by atoms with van der Waals surface area (Å²) in [5.74, 6) is 0.192. The molecule has 0 radical (unpaired) electrons. The van der Waals surface area contributed by atoms with Gasteiger partial charge in [0, 0.05) is 45.7 Å². The zero-order valence-corrected chi connectivity index (χ0v) is 10.7. The summed E-state index contributed by atoms with van der Waals surface area (Å²) in [6.45, 7) is 4.97. The van der Waals surface area contributed by atoms with Gasteiger partial charge in [-0.05, 0) is 5.56 Å². The summed E-state index contributed by atoms with van der Waals surface area (Å²) < 4.78 is 0. The number of carbonyl (C=O) groups is 1. The second kappa shape index (κ2) is 6.52. The maximum absolute atomic E-state index is 11.7. The van der Waals surface area contributed by atoms with Crippen molar-refractivity contribution in [1.29, 1.82) is 0 Å². The van der Waals surface area contributed by atoms with Crippen molar-refractivity contribution < 1.29 is 4.79 Å². The van der Waals surface area contributed by atoms with Gasteiger partial charge in [0.05, 0.1) is 0 Å². The molecule has 1 aliphatic heterocycles. The molecular formula is C14H21N3O. The van der Waals surface area contributed by atoms with Gasteiger partial charge in [-0.3, -0.25) is 9.69 Å². The summed E-state index contributed by atoms with van der Waals surface area (Å²) in [5, 5.41) is 0. The van der Waals surface area contributed by atoms with Crippen LogP contribution in [0.5, 0.6) is 0 Å². The fourth-order valence-corrected chi connectivity index (χ4v) is 2.28. The molecule has 0 saturated carbocycles. The predicted molar refractivity (Wildman–Crippen MR) is 72.0 cm³/mol. The Balaban J connectivity index is 1.78. The first-order chi connectivity index (χ1) is 8.79. The lowest BCUT2D eigenvalue weighted by Crippen LogP contribution is -2.48. The van der Waals surface area contributed by atoms with Crippen molar-refractivity contribution in [3.8, 4) is 0 Å². The number of hydrogen-bond donors (Lipinski definition) is 1. The molecule has 1 aliphatic rings. The van der Waals surface area contributed by atoms with E-state index in [1.54, 1.807) is 0 Å². The molecule has 4 heteroatoms. The third-order valence-corrected chi connectivity index (χ3v) is 3.33. The molecule has 0 unspecified atom stereocenters. The molecule has 1 aromatic carbocycles. The van der Waals surface area contributed by atoms with Crippen LogP contribution in [-0.2, 0) is 11.3 Å². The second-order valence-corrected chi connectivity index (χ2v) is 4.68. The number of benzene rings is 1. The summed E-state index contributed by atoms with van der Waals surface area (Å²) in [4.78, 5) is 16.0. The molecule has 18 heavy (non-hydrogen) atoms. The van der Waals surface area contributed by atoms with Gasteiger partial charge in [0.25, 0.3) is 0 Å². The van der Waals surface area contributed by atoms with Crippen molar-refractivity contribution >= 4 is 5.91 Å². The van der Waals surface area contributed by atoms with Crippen molar-refractivity contribution in [3.63, 3.8) is 0 Å². The molecule has 1 aromatic rings. The zero-order valence-electron chi connectivity index (χ0n) is 10.7. The quantitative estimate of drug-likeness (QED) is 0.851. The molecule has 0 bridgehead atoms. The Morgan fingerprint density at radius 2 is 1.78 bits per heavy atom. The third kappa shape index (κ3) is 3.55. The predicted octanol–water partition coefficient (Wildman–Crippen LogP) is 0.680. The molecule has 1 saturated heterocycles. The highest BCUT2D eigenvalue weighted by Crippen LogP contribution is 2.08. The normalized spacial score (nSPS) is 16.8. The van der Waals surface area contributed by atoms with Crippen LogP contribution in [0.25, 0.3) is 0 Å². The van der Waals surface area contributed by atoms with Crippen LogP contribution in [0, 0.1) is 0 Å². The molecular weight excluding hydrogens is 226 g/mol. The SMILES string of the molecule is NCCC(=O)N1CCN(Cc2ccccc2)CC1. The van der Waals surface area contributed by atoms with Gasteiger partial charge >= 0.3 is 0 Å². The van der Waals surface area contributed by atoms with Gasteiger partial charge < -0.3 is 10.6 Å². The fraction of sp³-hybridized carbons (Fsp3) is 0.500. The molecule has 1 fully saturated rings. The van der Waals surface area contributed by atoms with Gasteiger partial charge in [-0.25, -0.2) is 0 Å². The first-order valence-corrected chi connectivity index (χ1v) is 6.53. The molecule has 1 amide bonds. The molecule has 4 nitrogen and oxygen atoms in total. The van der Waals surface area contributed by atoms with Crippen LogP contribution in [-0.4, -0.2) is 48.4 Å². The second-order valence-electron chi connectivity index (χ2n) is 4.68. The lowest BCUT2D eigenvalue weighted by molar-refractivity contribution is -0.132. The number of nitrogens with two attached hydrogens (primary N) is 1. The molecule has 98 valence electrons. The minimum atomic E-state index is 0.192. The van der Waals surface area contributed by atoms with Crippen LogP contribution in [0.15, 0.2) is 30.3 Å². The van der Waals surface area contributed by atoms with Gasteiger partial charge in [0.2, 0.25) is 5.91 Å². The highest BCUT2D eigenvalue weighted by atomic mass is 16.2. The zero-order chi connectivity index (χ0) is 12.8. The standard InChI is InChI=1S/C14H21N3O/c15-7-6-14(18)17-10-8-16(9-11-17)12-13-4-2-1-3-5-13/h1-5H,6-12,15H2. The average Bonchev–Trinajstić information content (AvgIpc) is 2.41. The molecule has 1 heterocycles. The number of amides is 1. The van der Waals surface area contributed by atoms with Crippen LogP contribution >= 0.6 is 0 Å². The Morgan fingerprint density at radius 3 is 2.39 bits per heavy atom. The average molecular weight is 247 g/mol. The monoisotopic (exact) mass is 247 g/mol. The van der Waals surface area contributed by atoms with E-state index in [1.165, 1.54) is 5.56 Å². The van der Waals surface area contributed by atoms with E-state index in [4.69, 9.17) is 5.73 Å². The van der Waals surface area contributed by atoms with Gasteiger partial charge in [-0.2, -0.15) is 0 Å². The topological polar surface area (TPSA) is 49.6 Å². The number of carbonyl (C=O) groups excluding carboxylic acids is 1. The van der Waals surface area contributed by atoms with E-state index < -0.39 is 0 Å². The Labute approximate surface area is 108 Å². The summed E-state index contributed by atoms with van der Waals surface area (Å²) >= 11 is 0. The molecule has 2 rings (SSSR count). The van der Waals surface area contributed by atoms with E-state index in [2.05, 4.69) is 29.2 Å². The summed E-state index contributed by atoms with van der Waals surface area (Å²) in [5.41, 5.74) is 6.74. The molecule has 0 aromatic heterocycles. The smallest absolute Gasteiger partial charge is 0.223 e. The van der Waals surface area contributed by atoms with Crippen LogP contribution in [0.1, 0.15) is 12.0 Å². The highest BCUT2D eigenvalue weighted by molar-refractivity contribution is 5.76. The minimum Gasteiger partial charge on any atom is -0.340 e. The number of nitrogens with zero attached hydrogens (tertiary/aromatic N) is 2. The van der Waals surface area contributed by atoms with E-state index in [9.17, 15) is 4.79 Å². The van der Waals surface area contributed by atoms with Crippen molar-refractivity contribution in [1.82, 2.24) is 9.80 Å². The van der Waals surface area contributed by atoms with Crippen molar-refractivity contribution in [2.24, 2.45) is 5.73 Å². The Hall–Kier alpha value is -1.39. The van der Waals surface area contributed by atoms with Gasteiger partial charge in [-0.1, -0.05) is 30.3 Å². The van der Waals surface area contributed by atoms with Crippen LogP contribution in [0.3, 0.4) is 0 Å². The van der Waals surface area contributed by atoms with E-state index in [0.29, 0.717) is 13.0 Å². The van der Waals surface area contributed by atoms with E-state index >= 15 is 0 Å². The lowest BCUT2D eigenvalue weighted by Gasteiger charge is -2.34. The summed E-state index contributed by atoms with van der Waals surface area (Å²) in [6, 6.07) is 10.5. The lowest BCUT2D eigenvalue weighted by atomic mass is 10.2. The molecule has 2 N–H and O–H groups in total. The first-order valence-electron chi connectivity index (χ1n) is 6.53. The van der Waals surface area contributed by atoms with Crippen LogP contribution < -0.4 is 5.73 Å². The summed E-state index contributed by atoms with van der Waals surface area (Å²) in [7, 11) is 0. The van der Waals surface area contributed by atoms with Crippen molar-refractivity contribution in [2.75, 3.05) is 32.7 Å². The Bertz CT molecular complexity index is 372. The van der Waals surface area contributed by atoms with Gasteiger partial charge in [-0.15, -0.1) is 0 Å². The third-order valence-electron chi connectivity index (χ3n) is 3.33. The highest BCUT2D eigenvalue weighted by Gasteiger charge is 2.20. The maximum Gasteiger partial charge on any atom is 0.223 e. The first kappa shape index (κ1) is 13.1. The van der Waals surface area contributed by atoms with Crippen molar-refractivity contribution in [2.45, 2.75) is 13.0 Å².